The van der Waals surface area contributed by atoms with Crippen LogP contribution in [0.25, 0.3) is 0 Å². The first-order chi connectivity index (χ1) is 10.0. The predicted octanol–water partition coefficient (Wildman–Crippen LogP) is 3.64. The Morgan fingerprint density at radius 3 is 2.41 bits per heavy atom. The molecule has 7 heteroatoms. The summed E-state index contributed by atoms with van der Waals surface area (Å²) in [5.41, 5.74) is 0.970. The van der Waals surface area contributed by atoms with Crippen molar-refractivity contribution in [3.05, 3.63) is 44.7 Å². The van der Waals surface area contributed by atoms with E-state index in [2.05, 4.69) is 25.2 Å². The van der Waals surface area contributed by atoms with Crippen LogP contribution in [0, 0.1) is 6.92 Å². The highest BCUT2D eigenvalue weighted by molar-refractivity contribution is 7.90. The van der Waals surface area contributed by atoms with Crippen LogP contribution in [0.5, 0.6) is 0 Å². The third-order valence-corrected chi connectivity index (χ3v) is 6.56. The van der Waals surface area contributed by atoms with Crippen LogP contribution in [-0.4, -0.2) is 13.0 Å². The van der Waals surface area contributed by atoms with E-state index < -0.39 is 10.0 Å². The van der Waals surface area contributed by atoms with Gasteiger partial charge in [-0.1, -0.05) is 38.4 Å². The molecule has 0 aliphatic carbocycles. The predicted molar refractivity (Wildman–Crippen MR) is 90.9 cm³/mol. The number of sulfonamides is 1. The van der Waals surface area contributed by atoms with Crippen molar-refractivity contribution in [2.24, 2.45) is 11.4 Å². The topological polar surface area (TPSA) is 51.4 Å². The lowest BCUT2D eigenvalue weighted by molar-refractivity contribution is 0.592. The summed E-state index contributed by atoms with van der Waals surface area (Å²) in [5, 5.41) is 0.374. The Bertz CT molecular complexity index is 872. The monoisotopic (exact) mass is 358 g/mol. The summed E-state index contributed by atoms with van der Waals surface area (Å²) in [5.74, 6) is 0. The van der Waals surface area contributed by atoms with Crippen LogP contribution in [0.1, 0.15) is 31.3 Å². The second-order valence-corrected chi connectivity index (χ2v) is 9.15. The Hall–Kier alpha value is -1.11. The van der Waals surface area contributed by atoms with Crippen molar-refractivity contribution < 1.29 is 8.42 Å². The average molecular weight is 359 g/mol. The van der Waals surface area contributed by atoms with E-state index in [0.29, 0.717) is 9.82 Å². The largest absolute Gasteiger partial charge is 0.323 e. The fourth-order valence-electron chi connectivity index (χ4n) is 2.09. The van der Waals surface area contributed by atoms with Gasteiger partial charge in [-0.25, -0.2) is 0 Å². The molecule has 0 fully saturated rings. The second-order valence-electron chi connectivity index (χ2n) is 6.13. The lowest BCUT2D eigenvalue weighted by Crippen LogP contribution is -2.15. The number of rotatable bonds is 2. The van der Waals surface area contributed by atoms with Crippen molar-refractivity contribution in [3.63, 3.8) is 0 Å². The summed E-state index contributed by atoms with van der Waals surface area (Å²) in [4.78, 5) is 1.68. The number of halogens is 1. The van der Waals surface area contributed by atoms with Crippen LogP contribution in [0.15, 0.2) is 33.6 Å². The third kappa shape index (κ3) is 3.45. The molecule has 0 bridgehead atoms. The van der Waals surface area contributed by atoms with E-state index in [-0.39, 0.29) is 10.3 Å². The standard InChI is InChI=1S/C15H19ClN2O2S2/c1-10-13(15(2,3)4)21-14(18(10)5)17-22(19,20)12-8-6-7-11(16)9-12/h6-9H,1-5H3/b17-14+. The van der Waals surface area contributed by atoms with Gasteiger partial charge in [-0.05, 0) is 30.5 Å². The molecule has 0 radical (unpaired) electrons. The van der Waals surface area contributed by atoms with Gasteiger partial charge in [-0.3, -0.25) is 0 Å². The zero-order valence-electron chi connectivity index (χ0n) is 13.2. The molecule has 2 aromatic rings. The maximum Gasteiger partial charge on any atom is 0.285 e. The number of thiazole rings is 1. The molecule has 0 N–H and O–H groups in total. The zero-order chi connectivity index (χ0) is 16.7. The Labute approximate surface area is 140 Å². The van der Waals surface area contributed by atoms with Crippen molar-refractivity contribution >= 4 is 33.0 Å². The number of benzene rings is 1. The van der Waals surface area contributed by atoms with Gasteiger partial charge in [0.05, 0.1) is 4.90 Å². The van der Waals surface area contributed by atoms with Crippen molar-refractivity contribution in [2.75, 3.05) is 0 Å². The number of aromatic nitrogens is 1. The Balaban J connectivity index is 2.64. The van der Waals surface area contributed by atoms with Gasteiger partial charge in [0, 0.05) is 22.6 Å². The molecule has 0 saturated carbocycles. The highest BCUT2D eigenvalue weighted by Crippen LogP contribution is 2.28. The maximum absolute atomic E-state index is 12.4. The van der Waals surface area contributed by atoms with Gasteiger partial charge < -0.3 is 4.57 Å². The molecule has 22 heavy (non-hydrogen) atoms. The lowest BCUT2D eigenvalue weighted by Gasteiger charge is -2.17. The van der Waals surface area contributed by atoms with Gasteiger partial charge >= 0.3 is 0 Å². The summed E-state index contributed by atoms with van der Waals surface area (Å²) in [6.07, 6.45) is 0. The van der Waals surface area contributed by atoms with E-state index >= 15 is 0 Å². The van der Waals surface area contributed by atoms with E-state index in [1.165, 1.54) is 23.5 Å². The first kappa shape index (κ1) is 17.2. The first-order valence-corrected chi connectivity index (χ1v) is 9.39. The Kier molecular flexibility index (Phi) is 4.57. The van der Waals surface area contributed by atoms with Crippen LogP contribution < -0.4 is 4.80 Å². The summed E-state index contributed by atoms with van der Waals surface area (Å²) in [6, 6.07) is 6.14. The van der Waals surface area contributed by atoms with Crippen LogP contribution in [0.2, 0.25) is 5.02 Å². The summed E-state index contributed by atoms with van der Waals surface area (Å²) in [6.45, 7) is 8.27. The smallest absolute Gasteiger partial charge is 0.285 e. The average Bonchev–Trinajstić information content (AvgIpc) is 2.66. The van der Waals surface area contributed by atoms with Crippen molar-refractivity contribution in [3.8, 4) is 0 Å². The molecule has 0 spiro atoms. The maximum atomic E-state index is 12.4. The van der Waals surface area contributed by atoms with Crippen molar-refractivity contribution in [1.29, 1.82) is 0 Å². The van der Waals surface area contributed by atoms with Gasteiger partial charge in [0.25, 0.3) is 10.0 Å². The van der Waals surface area contributed by atoms with Crippen LogP contribution in [0.3, 0.4) is 0 Å². The molecule has 0 atom stereocenters. The molecule has 1 aromatic carbocycles. The van der Waals surface area contributed by atoms with E-state index in [1.807, 2.05) is 18.5 Å². The molecule has 4 nitrogen and oxygen atoms in total. The minimum atomic E-state index is -3.78. The van der Waals surface area contributed by atoms with E-state index in [1.54, 1.807) is 12.1 Å². The molecule has 0 aliphatic heterocycles. The van der Waals surface area contributed by atoms with Gasteiger partial charge in [0.2, 0.25) is 4.80 Å². The molecule has 1 aromatic heterocycles. The van der Waals surface area contributed by atoms with Crippen LogP contribution in [-0.2, 0) is 22.5 Å². The highest BCUT2D eigenvalue weighted by atomic mass is 35.5. The summed E-state index contributed by atoms with van der Waals surface area (Å²) < 4.78 is 30.7. The molecular formula is C15H19ClN2O2S2. The van der Waals surface area contributed by atoms with Crippen LogP contribution >= 0.6 is 22.9 Å². The Morgan fingerprint density at radius 1 is 1.27 bits per heavy atom. The summed E-state index contributed by atoms with van der Waals surface area (Å²) >= 11 is 7.27. The van der Waals surface area contributed by atoms with E-state index in [9.17, 15) is 8.42 Å². The normalized spacial score (nSPS) is 13.6. The van der Waals surface area contributed by atoms with E-state index in [0.717, 1.165) is 10.6 Å². The van der Waals surface area contributed by atoms with Crippen LogP contribution in [0.4, 0.5) is 0 Å². The molecule has 0 aliphatic rings. The molecule has 0 saturated heterocycles. The fraction of sp³-hybridized carbons (Fsp3) is 0.400. The minimum absolute atomic E-state index is 0.0555. The number of hydrogen-bond acceptors (Lipinski definition) is 3. The third-order valence-electron chi connectivity index (χ3n) is 3.29. The Morgan fingerprint density at radius 2 is 1.91 bits per heavy atom. The molecule has 1 heterocycles. The quantitative estimate of drug-likeness (QED) is 0.823. The van der Waals surface area contributed by atoms with Gasteiger partial charge in [-0.15, -0.1) is 15.7 Å². The molecule has 0 unspecified atom stereocenters. The fourth-order valence-corrected chi connectivity index (χ4v) is 4.79. The highest BCUT2D eigenvalue weighted by Gasteiger charge is 2.22. The first-order valence-electron chi connectivity index (χ1n) is 6.76. The van der Waals surface area contributed by atoms with Gasteiger partial charge in [0.1, 0.15) is 0 Å². The van der Waals surface area contributed by atoms with Crippen molar-refractivity contribution in [2.45, 2.75) is 38.0 Å². The number of nitrogens with zero attached hydrogens (tertiary/aromatic N) is 2. The minimum Gasteiger partial charge on any atom is -0.323 e. The van der Waals surface area contributed by atoms with Gasteiger partial charge in [0.15, 0.2) is 0 Å². The van der Waals surface area contributed by atoms with E-state index in [4.69, 9.17) is 11.6 Å². The number of hydrogen-bond donors (Lipinski definition) is 0. The lowest BCUT2D eigenvalue weighted by atomic mass is 9.93. The second kappa shape index (κ2) is 5.83. The molecule has 0 amide bonds. The van der Waals surface area contributed by atoms with Crippen molar-refractivity contribution in [1.82, 2.24) is 4.57 Å². The molecular weight excluding hydrogens is 340 g/mol. The molecule has 2 rings (SSSR count). The zero-order valence-corrected chi connectivity index (χ0v) is 15.6. The SMILES string of the molecule is Cc1c(C(C)(C)C)s/c(=N/S(=O)(=O)c2cccc(Cl)c2)n1C. The summed E-state index contributed by atoms with van der Waals surface area (Å²) in [7, 11) is -1.95. The van der Waals surface area contributed by atoms with Gasteiger partial charge in [-0.2, -0.15) is 8.42 Å². The molecule has 120 valence electrons.